The van der Waals surface area contributed by atoms with E-state index >= 15 is 0 Å². The summed E-state index contributed by atoms with van der Waals surface area (Å²) in [4.78, 5) is 18.4. The van der Waals surface area contributed by atoms with Gasteiger partial charge in [0.05, 0.1) is 5.58 Å². The number of hydrogen-bond acceptors (Lipinski definition) is 6. The van der Waals surface area contributed by atoms with Crippen LogP contribution in [0.25, 0.3) is 98.3 Å². The molecular weight excluding hydrogens is 1840 g/mol. The van der Waals surface area contributed by atoms with E-state index in [1.807, 2.05) is 148 Å². The molecule has 2 unspecified atom stereocenters. The number of aryl methyl sites for hydroxylation is 4. The fourth-order valence-corrected chi connectivity index (χ4v) is 20.3. The van der Waals surface area contributed by atoms with Crippen LogP contribution in [0.5, 0.6) is 0 Å². The van der Waals surface area contributed by atoms with Crippen LogP contribution in [0.4, 0.5) is 4.39 Å². The van der Waals surface area contributed by atoms with Crippen molar-refractivity contribution in [2.24, 2.45) is 0 Å². The molecule has 0 aliphatic heterocycles. The van der Waals surface area contributed by atoms with E-state index in [1.165, 1.54) is 50.9 Å². The van der Waals surface area contributed by atoms with Crippen molar-refractivity contribution >= 4 is 88.8 Å². The standard InChI is InChI=1S/C26H32GeN.C26H20NO.C24H15FNS.C23H26GeN.2Ir/c1-19(20-12-9-8-10-13-20)23-17-25(28-18-24(23)27(5,6)7)21-14-11-15-22(16-21)26(2,3)4;1-16-11-21-22-14-20(9-10-25(22)28-26(21)13-17(16)2)24-12-18(3)23(15-27-24)19-7-5-4-6-8-19;25-19-7-9-24-21(15-19)20-14-18(6-8-23(20)27-24)22-13-17(10-11-26-22)12-16-4-2-1-3-5-16;1-17-11-13-20(14-12-17)23-15-21(22(16-25-23)24(3,4)5)18(2)19-9-7-6-8-10-19;;/h8-13,15-19H,1-7H3;4-8,10-15H,1-3H3;1-5,7-11,13-15H,12H2;6-13,15-16,18H,1-5H3;;/q4*-1;;/i19D;1D3,2D3,3D3;12D2;1D3,18D;;. The summed E-state index contributed by atoms with van der Waals surface area (Å²) in [6, 6.07) is 85.7. The Morgan fingerprint density at radius 3 is 1.61 bits per heavy atom. The SMILES string of the molecule is [2H]C(C)(c1ccccc1)c1cc(-c2[c-]ccc(C(C)(C)C)c2)nc[c]1[Ge]([CH3])([CH3])[CH3].[2H]C([2H])([2H])c1c[c-]c(-c2cc(C([2H])(C)c3ccccc3)[c]([Ge]([CH3])([CH3])[CH3])cn2)cc1.[2H]C([2H])([2H])c1cc(-c2[c-]cc3oc4cc(C([2H])([2H])[2H])c(C([2H])([2H])[2H])cc4c3c2)ncc1-c1ccccc1.[2H]C([2H])(c1ccccc1)c1ccnc(-c2[c-]cc3sc4ccc(F)cc4c3c2)c1.[Ir].[Ir]. The van der Waals surface area contributed by atoms with Gasteiger partial charge in [0.1, 0.15) is 11.4 Å². The zero-order valence-corrected chi connectivity index (χ0v) is 72.9. The summed E-state index contributed by atoms with van der Waals surface area (Å²) in [5, 5.41) is 2.80. The third-order valence-electron chi connectivity index (χ3n) is 18.9. The minimum atomic E-state index is -2.64. The molecule has 0 aliphatic rings. The summed E-state index contributed by atoms with van der Waals surface area (Å²) in [5.74, 6) is 12.0. The Hall–Kier alpha value is -8.87. The van der Waals surface area contributed by atoms with E-state index in [1.54, 1.807) is 78.2 Å². The van der Waals surface area contributed by atoms with Crippen LogP contribution in [0.1, 0.15) is 130 Å². The average molecular weight is 1950 g/mol. The van der Waals surface area contributed by atoms with E-state index < -0.39 is 72.1 Å². The smallest absolute Gasteiger partial charge is 0.123 e. The van der Waals surface area contributed by atoms with Crippen LogP contribution >= 0.6 is 11.3 Å². The van der Waals surface area contributed by atoms with Gasteiger partial charge in [0, 0.05) is 83.3 Å². The molecule has 0 spiro atoms. The first-order chi connectivity index (χ1) is 58.1. The molecule has 2 atom stereocenters. The second-order valence-corrected chi connectivity index (χ2v) is 52.1. The van der Waals surface area contributed by atoms with Crippen molar-refractivity contribution in [1.82, 2.24) is 19.9 Å². The van der Waals surface area contributed by atoms with Gasteiger partial charge in [-0.1, -0.05) is 83.6 Å². The molecule has 0 saturated carbocycles. The minimum Gasteiger partial charge on any atom is -0.500 e. The second-order valence-electron chi connectivity index (χ2n) is 29.8. The Morgan fingerprint density at radius 2 is 1.01 bits per heavy atom. The number of thiophene rings is 1. The maximum Gasteiger partial charge on any atom is 0.123 e. The topological polar surface area (TPSA) is 64.7 Å². The first-order valence-corrected chi connectivity index (χ1v) is 51.3. The number of halogens is 1. The van der Waals surface area contributed by atoms with E-state index in [-0.39, 0.29) is 79.3 Å². The van der Waals surface area contributed by atoms with Crippen LogP contribution in [0.15, 0.2) is 272 Å². The number of hydrogen-bond donors (Lipinski definition) is 0. The Balaban J connectivity index is 0.000000163. The molecule has 10 aromatic carbocycles. The van der Waals surface area contributed by atoms with Gasteiger partial charge in [-0.05, 0) is 118 Å². The molecule has 0 N–H and O–H groups in total. The number of aromatic nitrogens is 4. The third kappa shape index (κ3) is 19.5. The molecule has 2 radical (unpaired) electrons. The van der Waals surface area contributed by atoms with E-state index in [0.717, 1.165) is 70.4 Å². The molecule has 0 amide bonds. The van der Waals surface area contributed by atoms with Crippen molar-refractivity contribution < 1.29 is 71.0 Å². The van der Waals surface area contributed by atoms with E-state index in [2.05, 4.69) is 125 Å². The Bertz CT molecular complexity index is 6550. The molecule has 0 bridgehead atoms. The summed E-state index contributed by atoms with van der Waals surface area (Å²) in [7, 11) is 0. The number of furan rings is 1. The van der Waals surface area contributed by atoms with Crippen molar-refractivity contribution in [3.8, 4) is 56.2 Å². The van der Waals surface area contributed by atoms with Crippen LogP contribution in [0, 0.1) is 57.5 Å². The first kappa shape index (κ1) is 62.7. The molecule has 0 saturated heterocycles. The fourth-order valence-electron chi connectivity index (χ4n) is 12.9. The second kappa shape index (κ2) is 35.7. The number of fused-ring (bicyclic) bond motifs is 6. The summed E-state index contributed by atoms with van der Waals surface area (Å²) >= 11 is -2.92. The van der Waals surface area contributed by atoms with Crippen LogP contribution in [0.3, 0.4) is 0 Å². The molecule has 5 nitrogen and oxygen atoms in total. The van der Waals surface area contributed by atoms with Crippen molar-refractivity contribution in [2.75, 3.05) is 0 Å². The molecule has 0 fully saturated rings. The quantitative estimate of drug-likeness (QED) is 0.0850. The molecule has 0 aliphatic carbocycles. The van der Waals surface area contributed by atoms with Gasteiger partial charge < -0.3 is 14.4 Å². The monoisotopic (exact) mass is 1950 g/mol. The average Bonchev–Trinajstić information content (AvgIpc) is 1.40. The van der Waals surface area contributed by atoms with Gasteiger partial charge in [0.2, 0.25) is 0 Å². The molecule has 6 heterocycles. The first-order valence-electron chi connectivity index (χ1n) is 43.8. The van der Waals surface area contributed by atoms with Crippen LogP contribution in [-0.2, 0) is 52.0 Å². The van der Waals surface area contributed by atoms with Gasteiger partial charge >= 0.3 is 335 Å². The largest absolute Gasteiger partial charge is 0.500 e. The van der Waals surface area contributed by atoms with Crippen molar-refractivity contribution in [2.45, 2.75) is 120 Å². The Kier molecular flexibility index (Phi) is 20.3. The van der Waals surface area contributed by atoms with E-state index in [4.69, 9.17) is 28.6 Å². The Labute approximate surface area is 709 Å². The summed E-state index contributed by atoms with van der Waals surface area (Å²) in [5.41, 5.74) is 13.7. The Morgan fingerprint density at radius 1 is 0.473 bits per heavy atom. The number of rotatable bonds is 13. The zero-order chi connectivity index (χ0) is 89.7. The molecule has 558 valence electrons. The van der Waals surface area contributed by atoms with Gasteiger partial charge in [-0.15, -0.1) is 47.5 Å². The number of benzene rings is 10. The molecule has 6 aromatic heterocycles. The van der Waals surface area contributed by atoms with Gasteiger partial charge in [-0.25, -0.2) is 4.39 Å². The minimum absolute atomic E-state index is 0. The van der Waals surface area contributed by atoms with Crippen molar-refractivity contribution in [1.29, 1.82) is 0 Å². The molecule has 110 heavy (non-hydrogen) atoms. The molecular formula is C99H93FGe2Ir2N4OS-4. The maximum absolute atomic E-state index is 13.8. The molecule has 16 rings (SSSR count). The predicted molar refractivity (Wildman–Crippen MR) is 460 cm³/mol. The summed E-state index contributed by atoms with van der Waals surface area (Å²) < 4.78 is 154. The normalized spacial score (nSPS) is 15.3. The van der Waals surface area contributed by atoms with Gasteiger partial charge in [-0.2, -0.15) is 11.3 Å². The predicted octanol–water partition coefficient (Wildman–Crippen LogP) is 25.8. The van der Waals surface area contributed by atoms with Crippen LogP contribution in [0.2, 0.25) is 34.5 Å². The van der Waals surface area contributed by atoms with E-state index in [9.17, 15) is 7.13 Å². The van der Waals surface area contributed by atoms with Crippen LogP contribution in [-0.4, -0.2) is 46.5 Å². The van der Waals surface area contributed by atoms with Crippen molar-refractivity contribution in [3.63, 3.8) is 0 Å². The van der Waals surface area contributed by atoms with E-state index in [0.29, 0.717) is 55.7 Å². The summed E-state index contributed by atoms with van der Waals surface area (Å²) in [6.45, 7) is 0.778. The van der Waals surface area contributed by atoms with Crippen molar-refractivity contribution in [3.05, 3.63) is 359 Å². The number of pyridine rings is 4. The summed E-state index contributed by atoms with van der Waals surface area (Å²) in [6.07, 6.45) is 5.47. The van der Waals surface area contributed by atoms with Gasteiger partial charge in [0.15, 0.2) is 0 Å². The molecule has 16 aromatic rings. The fraction of sp³-hybridized carbons (Fsp3) is 0.192. The number of nitrogens with zero attached hydrogens (tertiary/aromatic N) is 4. The van der Waals surface area contributed by atoms with Gasteiger partial charge in [-0.3, -0.25) is 0 Å². The molecule has 11 heteroatoms. The zero-order valence-electron chi connectivity index (χ0n) is 79.1. The maximum atomic E-state index is 13.8. The van der Waals surface area contributed by atoms with Crippen LogP contribution < -0.4 is 8.79 Å². The van der Waals surface area contributed by atoms with Gasteiger partial charge in [0.25, 0.3) is 0 Å². The third-order valence-corrected chi connectivity index (χ3v) is 28.5.